The van der Waals surface area contributed by atoms with E-state index >= 15 is 0 Å². The fourth-order valence-corrected chi connectivity index (χ4v) is 3.42. The Kier molecular flexibility index (Phi) is 8.18. The summed E-state index contributed by atoms with van der Waals surface area (Å²) in [6, 6.07) is 0. The van der Waals surface area contributed by atoms with Gasteiger partial charge in [-0.3, -0.25) is 9.59 Å². The molecule has 1 unspecified atom stereocenters. The van der Waals surface area contributed by atoms with Crippen LogP contribution < -0.4 is 11.1 Å². The highest BCUT2D eigenvalue weighted by molar-refractivity contribution is 5.85. The summed E-state index contributed by atoms with van der Waals surface area (Å²) in [4.78, 5) is 25.5. The zero-order chi connectivity index (χ0) is 15.2. The first-order valence-electron chi connectivity index (χ1n) is 8.35. The molecule has 1 heterocycles. The van der Waals surface area contributed by atoms with Gasteiger partial charge >= 0.3 is 0 Å². The third-order valence-electron chi connectivity index (χ3n) is 5.10. The summed E-state index contributed by atoms with van der Waals surface area (Å²) in [6.07, 6.45) is 7.49. The third kappa shape index (κ3) is 5.43. The van der Waals surface area contributed by atoms with Crippen molar-refractivity contribution >= 4 is 24.2 Å². The largest absolute Gasteiger partial charge is 0.368 e. The highest BCUT2D eigenvalue weighted by Crippen LogP contribution is 2.27. The lowest BCUT2D eigenvalue weighted by Crippen LogP contribution is -2.51. The molecule has 2 rings (SSSR count). The lowest BCUT2D eigenvalue weighted by Gasteiger charge is -2.35. The lowest BCUT2D eigenvalue weighted by molar-refractivity contribution is -0.140. The highest BCUT2D eigenvalue weighted by Gasteiger charge is 2.32. The number of primary amides is 1. The summed E-state index contributed by atoms with van der Waals surface area (Å²) >= 11 is 0. The average molecular weight is 332 g/mol. The van der Waals surface area contributed by atoms with Gasteiger partial charge in [-0.1, -0.05) is 39.0 Å². The van der Waals surface area contributed by atoms with Gasteiger partial charge in [-0.2, -0.15) is 0 Å². The standard InChI is InChI=1S/C16H29N3O2.ClH/c1-12(14-9-18-10-14)16(21)19(11-15(17)20)8-7-13-5-3-2-4-6-13;/h12-14,18H,2-11H2,1H3,(H2,17,20);1H. The van der Waals surface area contributed by atoms with Crippen LogP contribution in [0.3, 0.4) is 0 Å². The van der Waals surface area contributed by atoms with Gasteiger partial charge in [0, 0.05) is 12.5 Å². The number of amides is 2. The van der Waals surface area contributed by atoms with Crippen molar-refractivity contribution < 1.29 is 9.59 Å². The van der Waals surface area contributed by atoms with Crippen molar-refractivity contribution in [2.45, 2.75) is 45.4 Å². The molecule has 5 nitrogen and oxygen atoms in total. The van der Waals surface area contributed by atoms with Gasteiger partial charge in [0.25, 0.3) is 0 Å². The van der Waals surface area contributed by atoms with E-state index < -0.39 is 5.91 Å². The molecule has 128 valence electrons. The van der Waals surface area contributed by atoms with Crippen LogP contribution in [0, 0.1) is 17.8 Å². The highest BCUT2D eigenvalue weighted by atomic mass is 35.5. The number of nitrogens with zero attached hydrogens (tertiary/aromatic N) is 1. The molecule has 2 amide bonds. The first-order chi connectivity index (χ1) is 10.1. The zero-order valence-corrected chi connectivity index (χ0v) is 14.4. The molecule has 0 aromatic carbocycles. The summed E-state index contributed by atoms with van der Waals surface area (Å²) < 4.78 is 0. The van der Waals surface area contributed by atoms with Crippen LogP contribution in [0.2, 0.25) is 0 Å². The van der Waals surface area contributed by atoms with Crippen molar-refractivity contribution in [2.24, 2.45) is 23.5 Å². The summed E-state index contributed by atoms with van der Waals surface area (Å²) in [5.41, 5.74) is 5.32. The Morgan fingerprint density at radius 1 is 1.23 bits per heavy atom. The molecular weight excluding hydrogens is 302 g/mol. The van der Waals surface area contributed by atoms with Gasteiger partial charge < -0.3 is 16.0 Å². The van der Waals surface area contributed by atoms with E-state index in [4.69, 9.17) is 5.73 Å². The Balaban J connectivity index is 0.00000242. The van der Waals surface area contributed by atoms with E-state index in [1.54, 1.807) is 4.90 Å². The van der Waals surface area contributed by atoms with Crippen LogP contribution in [0.5, 0.6) is 0 Å². The number of halogens is 1. The fourth-order valence-electron chi connectivity index (χ4n) is 3.42. The van der Waals surface area contributed by atoms with Crippen LogP contribution in [0.15, 0.2) is 0 Å². The predicted octanol–water partition coefficient (Wildman–Crippen LogP) is 1.55. The number of nitrogens with one attached hydrogen (secondary N) is 1. The van der Waals surface area contributed by atoms with Gasteiger partial charge in [0.15, 0.2) is 0 Å². The summed E-state index contributed by atoms with van der Waals surface area (Å²) in [7, 11) is 0. The monoisotopic (exact) mass is 331 g/mol. The number of hydrogen-bond donors (Lipinski definition) is 2. The maximum absolute atomic E-state index is 12.6. The van der Waals surface area contributed by atoms with Crippen molar-refractivity contribution in [1.82, 2.24) is 10.2 Å². The second-order valence-corrected chi connectivity index (χ2v) is 6.73. The van der Waals surface area contributed by atoms with Crippen LogP contribution in [0.25, 0.3) is 0 Å². The Morgan fingerprint density at radius 2 is 1.86 bits per heavy atom. The number of rotatable bonds is 7. The van der Waals surface area contributed by atoms with E-state index in [0.717, 1.165) is 19.5 Å². The van der Waals surface area contributed by atoms with E-state index in [1.165, 1.54) is 32.1 Å². The molecule has 1 saturated heterocycles. The maximum Gasteiger partial charge on any atom is 0.237 e. The van der Waals surface area contributed by atoms with Crippen molar-refractivity contribution in [1.29, 1.82) is 0 Å². The molecule has 1 aliphatic carbocycles. The van der Waals surface area contributed by atoms with Crippen molar-refractivity contribution in [3.05, 3.63) is 0 Å². The van der Waals surface area contributed by atoms with Crippen LogP contribution in [-0.4, -0.2) is 42.9 Å². The van der Waals surface area contributed by atoms with Crippen LogP contribution in [0.1, 0.15) is 45.4 Å². The maximum atomic E-state index is 12.6. The molecule has 0 bridgehead atoms. The van der Waals surface area contributed by atoms with E-state index in [2.05, 4.69) is 5.32 Å². The third-order valence-corrected chi connectivity index (χ3v) is 5.10. The molecule has 1 aliphatic heterocycles. The number of carbonyl (C=O) groups excluding carboxylic acids is 2. The first kappa shape index (κ1) is 19.2. The quantitative estimate of drug-likeness (QED) is 0.743. The van der Waals surface area contributed by atoms with Crippen LogP contribution >= 0.6 is 12.4 Å². The molecule has 2 aliphatic rings. The van der Waals surface area contributed by atoms with E-state index in [9.17, 15) is 9.59 Å². The normalized spacial score (nSPS) is 20.6. The molecule has 6 heteroatoms. The molecule has 2 fully saturated rings. The lowest BCUT2D eigenvalue weighted by atomic mass is 9.86. The van der Waals surface area contributed by atoms with Crippen molar-refractivity contribution in [3.8, 4) is 0 Å². The van der Waals surface area contributed by atoms with Crippen LogP contribution in [-0.2, 0) is 9.59 Å². The van der Waals surface area contributed by atoms with Gasteiger partial charge in [-0.15, -0.1) is 12.4 Å². The molecule has 0 aromatic rings. The predicted molar refractivity (Wildman–Crippen MR) is 89.7 cm³/mol. The second kappa shape index (κ2) is 9.36. The van der Waals surface area contributed by atoms with E-state index in [1.807, 2.05) is 6.92 Å². The van der Waals surface area contributed by atoms with Gasteiger partial charge in [0.1, 0.15) is 0 Å². The Bertz CT molecular complexity index is 368. The number of nitrogens with two attached hydrogens (primary N) is 1. The minimum atomic E-state index is -0.411. The van der Waals surface area contributed by atoms with Crippen molar-refractivity contribution in [3.63, 3.8) is 0 Å². The van der Waals surface area contributed by atoms with Gasteiger partial charge in [0.2, 0.25) is 11.8 Å². The first-order valence-corrected chi connectivity index (χ1v) is 8.35. The fraction of sp³-hybridized carbons (Fsp3) is 0.875. The Morgan fingerprint density at radius 3 is 2.36 bits per heavy atom. The molecule has 3 N–H and O–H groups in total. The van der Waals surface area contributed by atoms with Crippen LogP contribution in [0.4, 0.5) is 0 Å². The molecule has 0 spiro atoms. The van der Waals surface area contributed by atoms with E-state index in [-0.39, 0.29) is 30.8 Å². The van der Waals surface area contributed by atoms with Gasteiger partial charge in [-0.05, 0) is 31.3 Å². The number of carbonyl (C=O) groups is 2. The zero-order valence-electron chi connectivity index (χ0n) is 13.6. The molecule has 1 saturated carbocycles. The smallest absolute Gasteiger partial charge is 0.237 e. The van der Waals surface area contributed by atoms with Gasteiger partial charge in [0.05, 0.1) is 6.54 Å². The minimum absolute atomic E-state index is 0. The topological polar surface area (TPSA) is 75.4 Å². The summed E-state index contributed by atoms with van der Waals surface area (Å²) in [5.74, 6) is 0.782. The molecule has 0 radical (unpaired) electrons. The molecule has 0 aromatic heterocycles. The summed E-state index contributed by atoms with van der Waals surface area (Å²) in [5, 5.41) is 3.20. The van der Waals surface area contributed by atoms with Crippen molar-refractivity contribution in [2.75, 3.05) is 26.2 Å². The second-order valence-electron chi connectivity index (χ2n) is 6.73. The molecule has 1 atom stereocenters. The Labute approximate surface area is 139 Å². The molecule has 22 heavy (non-hydrogen) atoms. The Hall–Kier alpha value is -0.810. The van der Waals surface area contributed by atoms with Gasteiger partial charge in [-0.25, -0.2) is 0 Å². The number of hydrogen-bond acceptors (Lipinski definition) is 3. The average Bonchev–Trinajstić information content (AvgIpc) is 2.41. The van der Waals surface area contributed by atoms with E-state index in [0.29, 0.717) is 18.4 Å². The molecular formula is C16H30ClN3O2. The summed E-state index contributed by atoms with van der Waals surface area (Å²) in [6.45, 7) is 4.52. The SMILES string of the molecule is CC(C(=O)N(CCC1CCCCC1)CC(N)=O)C1CNC1.Cl. The minimum Gasteiger partial charge on any atom is -0.368 e.